The minimum atomic E-state index is 0.871. The average molecular weight is 238 g/mol. The lowest BCUT2D eigenvalue weighted by atomic mass is 10.1. The molecule has 0 radical (unpaired) electrons. The lowest BCUT2D eigenvalue weighted by Gasteiger charge is -2.12. The molecule has 4 rings (SSSR count). The molecule has 1 N–H and O–H groups in total. The van der Waals surface area contributed by atoms with Gasteiger partial charge in [0.1, 0.15) is 17.5 Å². The van der Waals surface area contributed by atoms with Gasteiger partial charge in [-0.3, -0.25) is 0 Å². The maximum absolute atomic E-state index is 5.55. The summed E-state index contributed by atoms with van der Waals surface area (Å²) in [5.41, 5.74) is 6.70. The number of hydroxylamine groups is 3. The molecule has 0 unspecified atom stereocenters. The predicted octanol–water partition coefficient (Wildman–Crippen LogP) is 2.94. The van der Waals surface area contributed by atoms with Gasteiger partial charge in [-0.25, -0.2) is 10.5 Å². The van der Waals surface area contributed by atoms with Crippen molar-refractivity contribution in [1.82, 2.24) is 10.5 Å². The fourth-order valence-electron chi connectivity index (χ4n) is 2.21. The van der Waals surface area contributed by atoms with Gasteiger partial charge in [-0.15, -0.1) is 0 Å². The third-order valence-electron chi connectivity index (χ3n) is 3.08. The Morgan fingerprint density at radius 3 is 3.06 bits per heavy atom. The standard InChI is InChI=1S/C14H10N2O2/c1-2-7-13-10(5-1)11(9-17-13)14-12-6-3-4-8-16(12)18-15-14/h1-9,15H. The van der Waals surface area contributed by atoms with Crippen LogP contribution in [0, 0.1) is 0 Å². The van der Waals surface area contributed by atoms with E-state index >= 15 is 0 Å². The Labute approximate surface area is 103 Å². The van der Waals surface area contributed by atoms with Crippen LogP contribution in [-0.2, 0) is 4.94 Å². The molecule has 0 spiro atoms. The van der Waals surface area contributed by atoms with Crippen LogP contribution in [0.5, 0.6) is 0 Å². The molecule has 2 aliphatic heterocycles. The highest BCUT2D eigenvalue weighted by Gasteiger charge is 2.24. The third-order valence-corrected chi connectivity index (χ3v) is 3.08. The van der Waals surface area contributed by atoms with Crippen LogP contribution in [0.4, 0.5) is 0 Å². The summed E-state index contributed by atoms with van der Waals surface area (Å²) in [4.78, 5) is 5.37. The minimum absolute atomic E-state index is 0.871. The fraction of sp³-hybridized carbons (Fsp3) is 0. The summed E-state index contributed by atoms with van der Waals surface area (Å²) >= 11 is 0. The van der Waals surface area contributed by atoms with E-state index < -0.39 is 0 Å². The molecule has 0 saturated heterocycles. The Morgan fingerprint density at radius 1 is 1.11 bits per heavy atom. The molecule has 0 amide bonds. The Balaban J connectivity index is 1.93. The Bertz CT molecular complexity index is 709. The van der Waals surface area contributed by atoms with Crippen molar-refractivity contribution in [3.63, 3.8) is 0 Å². The van der Waals surface area contributed by atoms with Crippen molar-refractivity contribution in [3.05, 3.63) is 66.2 Å². The monoisotopic (exact) mass is 238 g/mol. The smallest absolute Gasteiger partial charge is 0.134 e. The van der Waals surface area contributed by atoms with Crippen molar-refractivity contribution < 1.29 is 9.36 Å². The van der Waals surface area contributed by atoms with Crippen LogP contribution in [0.1, 0.15) is 5.56 Å². The number of hydrogen-bond donors (Lipinski definition) is 1. The highest BCUT2D eigenvalue weighted by atomic mass is 16.8. The van der Waals surface area contributed by atoms with Gasteiger partial charge >= 0.3 is 0 Å². The van der Waals surface area contributed by atoms with Gasteiger partial charge in [-0.1, -0.05) is 24.3 Å². The number of nitrogens with one attached hydrogen (secondary N) is 1. The molecule has 0 fully saturated rings. The maximum atomic E-state index is 5.55. The van der Waals surface area contributed by atoms with Crippen molar-refractivity contribution in [2.45, 2.75) is 0 Å². The van der Waals surface area contributed by atoms with Gasteiger partial charge in [0, 0.05) is 17.1 Å². The zero-order valence-electron chi connectivity index (χ0n) is 9.46. The summed E-state index contributed by atoms with van der Waals surface area (Å²) in [6, 6.07) is 7.95. The van der Waals surface area contributed by atoms with Gasteiger partial charge in [-0.2, -0.15) is 4.94 Å². The van der Waals surface area contributed by atoms with Gasteiger partial charge in [0.15, 0.2) is 0 Å². The van der Waals surface area contributed by atoms with Gasteiger partial charge < -0.3 is 4.42 Å². The summed E-state index contributed by atoms with van der Waals surface area (Å²) < 4.78 is 5.55. The van der Waals surface area contributed by atoms with Gasteiger partial charge in [0.05, 0.1) is 5.70 Å². The number of hydrogen-bond acceptors (Lipinski definition) is 4. The molecule has 0 saturated carbocycles. The van der Waals surface area contributed by atoms with Crippen LogP contribution in [-0.4, -0.2) is 5.06 Å². The average Bonchev–Trinajstić information content (AvgIpc) is 3.01. The quantitative estimate of drug-likeness (QED) is 0.828. The van der Waals surface area contributed by atoms with Crippen LogP contribution in [0.2, 0.25) is 0 Å². The summed E-state index contributed by atoms with van der Waals surface area (Å²) in [6.07, 6.45) is 9.50. The molecule has 3 heterocycles. The number of para-hydroxylation sites is 1. The number of nitrogens with zero attached hydrogens (tertiary/aromatic N) is 1. The molecule has 4 heteroatoms. The molecule has 1 aromatic carbocycles. The van der Waals surface area contributed by atoms with Gasteiger partial charge in [0.25, 0.3) is 0 Å². The second-order valence-electron chi connectivity index (χ2n) is 4.13. The van der Waals surface area contributed by atoms with Crippen molar-refractivity contribution in [1.29, 1.82) is 0 Å². The van der Waals surface area contributed by atoms with Crippen LogP contribution in [0.25, 0.3) is 16.7 Å². The summed E-state index contributed by atoms with van der Waals surface area (Å²) in [5, 5.41) is 2.76. The van der Waals surface area contributed by atoms with E-state index in [1.807, 2.05) is 48.7 Å². The topological polar surface area (TPSA) is 37.6 Å². The lowest BCUT2D eigenvalue weighted by molar-refractivity contribution is -0.110. The largest absolute Gasteiger partial charge is 0.464 e. The molecule has 0 atom stereocenters. The summed E-state index contributed by atoms with van der Waals surface area (Å²) in [7, 11) is 0. The second kappa shape index (κ2) is 3.51. The predicted molar refractivity (Wildman–Crippen MR) is 67.5 cm³/mol. The number of rotatable bonds is 1. The maximum Gasteiger partial charge on any atom is 0.134 e. The number of furan rings is 1. The highest BCUT2D eigenvalue weighted by Crippen LogP contribution is 2.33. The third kappa shape index (κ3) is 1.23. The van der Waals surface area contributed by atoms with Crippen molar-refractivity contribution in [3.8, 4) is 0 Å². The van der Waals surface area contributed by atoms with E-state index in [1.165, 1.54) is 0 Å². The van der Waals surface area contributed by atoms with E-state index in [0.717, 1.165) is 27.9 Å². The molecule has 2 aliphatic rings. The van der Waals surface area contributed by atoms with Crippen LogP contribution in [0.15, 0.2) is 65.1 Å². The van der Waals surface area contributed by atoms with E-state index in [9.17, 15) is 0 Å². The molecule has 4 nitrogen and oxygen atoms in total. The second-order valence-corrected chi connectivity index (χ2v) is 4.13. The first-order valence-corrected chi connectivity index (χ1v) is 5.71. The first-order chi connectivity index (χ1) is 8.93. The lowest BCUT2D eigenvalue weighted by Crippen LogP contribution is -2.14. The molecule has 0 aliphatic carbocycles. The van der Waals surface area contributed by atoms with E-state index in [0.29, 0.717) is 0 Å². The van der Waals surface area contributed by atoms with Crippen LogP contribution < -0.4 is 5.48 Å². The summed E-state index contributed by atoms with van der Waals surface area (Å²) in [6.45, 7) is 0. The van der Waals surface area contributed by atoms with Crippen molar-refractivity contribution in [2.24, 2.45) is 0 Å². The molecular formula is C14H10N2O2. The van der Waals surface area contributed by atoms with Crippen LogP contribution >= 0.6 is 0 Å². The molecule has 18 heavy (non-hydrogen) atoms. The van der Waals surface area contributed by atoms with E-state index in [-0.39, 0.29) is 0 Å². The zero-order valence-corrected chi connectivity index (χ0v) is 9.46. The molecule has 1 aromatic heterocycles. The van der Waals surface area contributed by atoms with Gasteiger partial charge in [-0.05, 0) is 18.2 Å². The first-order valence-electron chi connectivity index (χ1n) is 5.71. The van der Waals surface area contributed by atoms with Crippen molar-refractivity contribution in [2.75, 3.05) is 0 Å². The Kier molecular flexibility index (Phi) is 1.87. The molecule has 88 valence electrons. The number of fused-ring (bicyclic) bond motifs is 2. The summed E-state index contributed by atoms with van der Waals surface area (Å²) in [5.74, 6) is 0. The molecule has 2 aromatic rings. The molecular weight excluding hydrogens is 228 g/mol. The van der Waals surface area contributed by atoms with E-state index in [4.69, 9.17) is 9.36 Å². The van der Waals surface area contributed by atoms with Gasteiger partial charge in [0.2, 0.25) is 0 Å². The van der Waals surface area contributed by atoms with Crippen LogP contribution in [0.3, 0.4) is 0 Å². The van der Waals surface area contributed by atoms with Crippen molar-refractivity contribution >= 4 is 16.7 Å². The fourth-order valence-corrected chi connectivity index (χ4v) is 2.21. The zero-order chi connectivity index (χ0) is 11.9. The SMILES string of the molecule is C1=CC2=C(c3coc4ccccc34)NON2C=C1. The normalized spacial score (nSPS) is 17.4. The van der Waals surface area contributed by atoms with E-state index in [1.54, 1.807) is 11.3 Å². The number of benzene rings is 1. The highest BCUT2D eigenvalue weighted by molar-refractivity contribution is 5.91. The first kappa shape index (κ1) is 9.56. The molecule has 0 bridgehead atoms. The van der Waals surface area contributed by atoms with E-state index in [2.05, 4.69) is 5.48 Å². The Hall–Kier alpha value is -2.46. The number of allylic oxidation sites excluding steroid dienone is 3. The minimum Gasteiger partial charge on any atom is -0.464 e. The Morgan fingerprint density at radius 2 is 2.06 bits per heavy atom.